The number of aliphatic hydroxyl groups excluding tert-OH is 1. The Morgan fingerprint density at radius 3 is 3.05 bits per heavy atom. The van der Waals surface area contributed by atoms with Crippen molar-refractivity contribution in [3.05, 3.63) is 35.4 Å². The monoisotopic (exact) mass is 294 g/mol. The Kier molecular flexibility index (Phi) is 5.73. The zero-order chi connectivity index (χ0) is 14.4. The van der Waals surface area contributed by atoms with E-state index < -0.39 is 0 Å². The molecule has 2 amide bonds. The summed E-state index contributed by atoms with van der Waals surface area (Å²) in [7, 11) is 0. The molecule has 4 nitrogen and oxygen atoms in total. The van der Waals surface area contributed by atoms with Crippen LogP contribution in [0.4, 0.5) is 4.79 Å². The number of likely N-dealkylation sites (tertiary alicyclic amines) is 1. The highest BCUT2D eigenvalue weighted by Crippen LogP contribution is 2.12. The Labute approximate surface area is 124 Å². The number of benzene rings is 1. The highest BCUT2D eigenvalue weighted by molar-refractivity contribution is 7.97. The summed E-state index contributed by atoms with van der Waals surface area (Å²) < 4.78 is 0. The maximum atomic E-state index is 12.0. The maximum Gasteiger partial charge on any atom is 0.317 e. The lowest BCUT2D eigenvalue weighted by Gasteiger charge is -2.30. The first kappa shape index (κ1) is 15.2. The average Bonchev–Trinajstić information content (AvgIpc) is 2.45. The van der Waals surface area contributed by atoms with E-state index in [0.717, 1.165) is 30.7 Å². The number of hydrogen-bond donors (Lipinski definition) is 2. The van der Waals surface area contributed by atoms with Crippen molar-refractivity contribution in [2.45, 2.75) is 31.2 Å². The number of aliphatic hydroxyl groups is 1. The SMILES string of the molecule is CSCc1cccc(CNC(=O)N2CCC[C@H](O)C2)c1. The van der Waals surface area contributed by atoms with Gasteiger partial charge < -0.3 is 15.3 Å². The van der Waals surface area contributed by atoms with Gasteiger partial charge in [0.25, 0.3) is 0 Å². The minimum absolute atomic E-state index is 0.0842. The molecule has 1 heterocycles. The summed E-state index contributed by atoms with van der Waals surface area (Å²) in [6.45, 7) is 1.71. The Bertz CT molecular complexity index is 453. The lowest BCUT2D eigenvalue weighted by molar-refractivity contribution is 0.0842. The quantitative estimate of drug-likeness (QED) is 0.895. The molecule has 1 saturated heterocycles. The van der Waals surface area contributed by atoms with Crippen LogP contribution in [-0.2, 0) is 12.3 Å². The van der Waals surface area contributed by atoms with Gasteiger partial charge in [0.2, 0.25) is 0 Å². The first-order valence-electron chi connectivity index (χ1n) is 6.96. The van der Waals surface area contributed by atoms with Gasteiger partial charge in [0.15, 0.2) is 0 Å². The molecule has 1 fully saturated rings. The van der Waals surface area contributed by atoms with Crippen LogP contribution in [0.15, 0.2) is 24.3 Å². The van der Waals surface area contributed by atoms with Crippen LogP contribution >= 0.6 is 11.8 Å². The molecule has 0 radical (unpaired) electrons. The number of urea groups is 1. The van der Waals surface area contributed by atoms with Crippen molar-refractivity contribution in [1.82, 2.24) is 10.2 Å². The largest absolute Gasteiger partial charge is 0.391 e. The number of rotatable bonds is 4. The van der Waals surface area contributed by atoms with Gasteiger partial charge in [0.1, 0.15) is 0 Å². The fourth-order valence-corrected chi connectivity index (χ4v) is 2.94. The van der Waals surface area contributed by atoms with Crippen molar-refractivity contribution in [3.63, 3.8) is 0 Å². The molecular formula is C15H22N2O2S. The molecule has 1 atom stereocenters. The minimum atomic E-state index is -0.376. The molecule has 0 aromatic heterocycles. The highest BCUT2D eigenvalue weighted by Gasteiger charge is 2.21. The van der Waals surface area contributed by atoms with Crippen LogP contribution < -0.4 is 5.32 Å². The minimum Gasteiger partial charge on any atom is -0.391 e. The molecule has 1 aliphatic rings. The third-order valence-corrected chi connectivity index (χ3v) is 4.05. The molecule has 5 heteroatoms. The fraction of sp³-hybridized carbons (Fsp3) is 0.533. The number of carbonyl (C=O) groups excluding carboxylic acids is 1. The summed E-state index contributed by atoms with van der Waals surface area (Å²) in [5, 5.41) is 12.5. The van der Waals surface area contributed by atoms with Crippen LogP contribution in [0.2, 0.25) is 0 Å². The number of thioether (sulfide) groups is 1. The van der Waals surface area contributed by atoms with Crippen LogP contribution in [0.1, 0.15) is 24.0 Å². The second-order valence-electron chi connectivity index (χ2n) is 5.15. The van der Waals surface area contributed by atoms with Gasteiger partial charge in [-0.25, -0.2) is 4.79 Å². The van der Waals surface area contributed by atoms with Gasteiger partial charge in [-0.15, -0.1) is 0 Å². The Morgan fingerprint density at radius 2 is 2.30 bits per heavy atom. The van der Waals surface area contributed by atoms with Gasteiger partial charge in [-0.2, -0.15) is 11.8 Å². The summed E-state index contributed by atoms with van der Waals surface area (Å²) in [5.41, 5.74) is 2.39. The zero-order valence-electron chi connectivity index (χ0n) is 11.8. The molecule has 2 rings (SSSR count). The van der Waals surface area contributed by atoms with Gasteiger partial charge >= 0.3 is 6.03 Å². The molecule has 0 saturated carbocycles. The van der Waals surface area contributed by atoms with Crippen molar-refractivity contribution in [3.8, 4) is 0 Å². The van der Waals surface area contributed by atoms with E-state index in [0.29, 0.717) is 13.1 Å². The third-order valence-electron chi connectivity index (χ3n) is 3.43. The number of nitrogens with one attached hydrogen (secondary N) is 1. The van der Waals surface area contributed by atoms with Gasteiger partial charge in [-0.3, -0.25) is 0 Å². The van der Waals surface area contributed by atoms with Crippen LogP contribution in [0.5, 0.6) is 0 Å². The van der Waals surface area contributed by atoms with E-state index in [9.17, 15) is 9.90 Å². The molecule has 20 heavy (non-hydrogen) atoms. The lowest BCUT2D eigenvalue weighted by atomic mass is 10.1. The van der Waals surface area contributed by atoms with Crippen molar-refractivity contribution >= 4 is 17.8 Å². The smallest absolute Gasteiger partial charge is 0.317 e. The van der Waals surface area contributed by atoms with Gasteiger partial charge in [0.05, 0.1) is 6.10 Å². The number of amides is 2. The van der Waals surface area contributed by atoms with Gasteiger partial charge in [-0.05, 0) is 30.2 Å². The van der Waals surface area contributed by atoms with Crippen molar-refractivity contribution in [2.24, 2.45) is 0 Å². The van der Waals surface area contributed by atoms with Crippen LogP contribution in [0.25, 0.3) is 0 Å². The lowest BCUT2D eigenvalue weighted by Crippen LogP contribution is -2.46. The van der Waals surface area contributed by atoms with E-state index in [-0.39, 0.29) is 12.1 Å². The first-order chi connectivity index (χ1) is 9.69. The number of β-amino-alcohol motifs (C(OH)–C–C–N with tert-alkyl or cyclic N) is 1. The van der Waals surface area contributed by atoms with E-state index >= 15 is 0 Å². The molecule has 1 aromatic rings. The Balaban J connectivity index is 1.85. The topological polar surface area (TPSA) is 52.6 Å². The summed E-state index contributed by atoms with van der Waals surface area (Å²) in [6.07, 6.45) is 3.37. The van der Waals surface area contributed by atoms with Crippen LogP contribution in [0, 0.1) is 0 Å². The molecule has 0 aliphatic carbocycles. The molecule has 0 spiro atoms. The number of piperidine rings is 1. The predicted molar refractivity (Wildman–Crippen MR) is 82.7 cm³/mol. The van der Waals surface area contributed by atoms with Gasteiger partial charge in [0, 0.05) is 25.4 Å². The summed E-state index contributed by atoms with van der Waals surface area (Å²) in [4.78, 5) is 13.7. The van der Waals surface area contributed by atoms with Crippen molar-refractivity contribution < 1.29 is 9.90 Å². The molecule has 110 valence electrons. The Morgan fingerprint density at radius 1 is 1.50 bits per heavy atom. The highest BCUT2D eigenvalue weighted by atomic mass is 32.2. The summed E-state index contributed by atoms with van der Waals surface area (Å²) in [5.74, 6) is 0.986. The first-order valence-corrected chi connectivity index (χ1v) is 8.36. The second kappa shape index (κ2) is 7.55. The average molecular weight is 294 g/mol. The number of hydrogen-bond acceptors (Lipinski definition) is 3. The van der Waals surface area contributed by atoms with E-state index in [1.54, 1.807) is 16.7 Å². The van der Waals surface area contributed by atoms with Crippen molar-refractivity contribution in [2.75, 3.05) is 19.3 Å². The van der Waals surface area contributed by atoms with Crippen molar-refractivity contribution in [1.29, 1.82) is 0 Å². The summed E-state index contributed by atoms with van der Waals surface area (Å²) in [6, 6.07) is 8.19. The Hall–Kier alpha value is -1.20. The number of carbonyl (C=O) groups is 1. The normalized spacial score (nSPS) is 18.9. The van der Waals surface area contributed by atoms with E-state index in [1.165, 1.54) is 5.56 Å². The molecule has 1 aliphatic heterocycles. The third kappa shape index (κ3) is 4.42. The maximum absolute atomic E-state index is 12.0. The number of nitrogens with zero attached hydrogens (tertiary/aromatic N) is 1. The summed E-state index contributed by atoms with van der Waals surface area (Å²) >= 11 is 1.79. The predicted octanol–water partition coefficient (Wildman–Crippen LogP) is 2.22. The fourth-order valence-electron chi connectivity index (χ4n) is 2.42. The molecular weight excluding hydrogens is 272 g/mol. The molecule has 0 unspecified atom stereocenters. The van der Waals surface area contributed by atoms with Crippen LogP contribution in [-0.4, -0.2) is 41.5 Å². The van der Waals surface area contributed by atoms with E-state index in [2.05, 4.69) is 23.7 Å². The second-order valence-corrected chi connectivity index (χ2v) is 6.02. The standard InChI is InChI=1S/C15H22N2O2S/c1-20-11-13-5-2-4-12(8-13)9-16-15(19)17-7-3-6-14(18)10-17/h2,4-5,8,14,18H,3,6-7,9-11H2,1H3,(H,16,19)/t14-/m0/s1. The van der Waals surface area contributed by atoms with Crippen LogP contribution in [0.3, 0.4) is 0 Å². The molecule has 0 bridgehead atoms. The van der Waals surface area contributed by atoms with E-state index in [1.807, 2.05) is 12.1 Å². The van der Waals surface area contributed by atoms with Gasteiger partial charge in [-0.1, -0.05) is 24.3 Å². The van der Waals surface area contributed by atoms with E-state index in [4.69, 9.17) is 0 Å². The molecule has 2 N–H and O–H groups in total. The zero-order valence-corrected chi connectivity index (χ0v) is 12.7. The molecule has 1 aromatic carbocycles.